The third kappa shape index (κ3) is 5.34. The van der Waals surface area contributed by atoms with Crippen molar-refractivity contribution in [2.75, 3.05) is 6.26 Å². The highest BCUT2D eigenvalue weighted by Crippen LogP contribution is 2.12. The summed E-state index contributed by atoms with van der Waals surface area (Å²) in [5.41, 5.74) is 0.433. The van der Waals surface area contributed by atoms with Crippen LogP contribution in [0.4, 0.5) is 0 Å². The molecular formula is C13H12N2O6S2. The average Bonchev–Trinajstić information content (AvgIpc) is 2.52. The molecule has 0 saturated heterocycles. The molecule has 1 aliphatic carbocycles. The molecule has 0 aromatic heterocycles. The van der Waals surface area contributed by atoms with Crippen LogP contribution in [0, 0.1) is 0 Å². The number of benzene rings is 1. The lowest BCUT2D eigenvalue weighted by molar-refractivity contribution is 0.339. The van der Waals surface area contributed by atoms with Crippen molar-refractivity contribution < 1.29 is 25.4 Å². The van der Waals surface area contributed by atoms with Crippen molar-refractivity contribution in [2.45, 2.75) is 4.90 Å². The minimum Gasteiger partial charge on any atom is -0.268 e. The van der Waals surface area contributed by atoms with E-state index in [9.17, 15) is 16.8 Å². The van der Waals surface area contributed by atoms with Crippen LogP contribution in [0.3, 0.4) is 0 Å². The second-order valence-corrected chi connectivity index (χ2v) is 7.41. The summed E-state index contributed by atoms with van der Waals surface area (Å²) in [6.45, 7) is 0. The number of oxime groups is 2. The maximum atomic E-state index is 11.9. The first-order chi connectivity index (χ1) is 10.8. The Morgan fingerprint density at radius 2 is 1.26 bits per heavy atom. The minimum atomic E-state index is -3.99. The molecule has 0 N–H and O–H groups in total. The molecule has 0 fully saturated rings. The summed E-state index contributed by atoms with van der Waals surface area (Å²) < 4.78 is 54.2. The molecule has 1 aromatic carbocycles. The van der Waals surface area contributed by atoms with Crippen LogP contribution in [0.1, 0.15) is 0 Å². The van der Waals surface area contributed by atoms with E-state index in [1.54, 1.807) is 18.2 Å². The Hall–Kier alpha value is -2.46. The molecule has 0 saturated carbocycles. The molecule has 0 bridgehead atoms. The molecule has 122 valence electrons. The number of hydrogen-bond acceptors (Lipinski definition) is 8. The van der Waals surface area contributed by atoms with Crippen LogP contribution >= 0.6 is 0 Å². The summed E-state index contributed by atoms with van der Waals surface area (Å²) in [5.74, 6) is 0. The predicted octanol–water partition coefficient (Wildman–Crippen LogP) is 1.21. The number of nitrogens with zero attached hydrogens (tertiary/aromatic N) is 2. The molecular weight excluding hydrogens is 344 g/mol. The molecule has 1 aromatic rings. The third-order valence-corrected chi connectivity index (χ3v) is 3.87. The molecule has 0 heterocycles. The van der Waals surface area contributed by atoms with Crippen molar-refractivity contribution in [1.82, 2.24) is 0 Å². The standard InChI is InChI=1S/C13H12N2O6S2/c1-22(16,17)20-14-11-7-9-12(10-8-11)15-21-23(18,19)13-5-3-2-4-6-13/h2-10H,1H3. The molecule has 0 spiro atoms. The van der Waals surface area contributed by atoms with E-state index in [-0.39, 0.29) is 16.3 Å². The first kappa shape index (κ1) is 16.9. The van der Waals surface area contributed by atoms with Crippen LogP contribution in [0.15, 0.2) is 69.8 Å². The van der Waals surface area contributed by atoms with Gasteiger partial charge in [0.25, 0.3) is 0 Å². The average molecular weight is 356 g/mol. The zero-order valence-electron chi connectivity index (χ0n) is 11.9. The molecule has 0 atom stereocenters. The summed E-state index contributed by atoms with van der Waals surface area (Å²) in [5, 5.41) is 6.90. The molecule has 0 amide bonds. The third-order valence-electron chi connectivity index (χ3n) is 2.40. The lowest BCUT2D eigenvalue weighted by Gasteiger charge is -2.03. The summed E-state index contributed by atoms with van der Waals surface area (Å²) in [4.78, 5) is -0.0167. The fraction of sp³-hybridized carbons (Fsp3) is 0.0769. The van der Waals surface area contributed by atoms with Gasteiger partial charge in [-0.2, -0.15) is 16.8 Å². The van der Waals surface area contributed by atoms with Crippen molar-refractivity contribution in [2.24, 2.45) is 10.3 Å². The van der Waals surface area contributed by atoms with E-state index in [4.69, 9.17) is 0 Å². The van der Waals surface area contributed by atoms with Crippen LogP contribution in [-0.4, -0.2) is 34.5 Å². The highest BCUT2D eigenvalue weighted by Gasteiger charge is 2.15. The Morgan fingerprint density at radius 3 is 1.74 bits per heavy atom. The second kappa shape index (κ2) is 6.75. The van der Waals surface area contributed by atoms with Gasteiger partial charge in [0, 0.05) is 0 Å². The summed E-state index contributed by atoms with van der Waals surface area (Å²) >= 11 is 0. The predicted molar refractivity (Wildman–Crippen MR) is 83.8 cm³/mol. The fourth-order valence-electron chi connectivity index (χ4n) is 1.41. The highest BCUT2D eigenvalue weighted by molar-refractivity contribution is 7.86. The molecule has 23 heavy (non-hydrogen) atoms. The fourth-order valence-corrected chi connectivity index (χ4v) is 2.39. The number of allylic oxidation sites excluding steroid dienone is 4. The van der Waals surface area contributed by atoms with Gasteiger partial charge < -0.3 is 0 Å². The second-order valence-electron chi connectivity index (χ2n) is 4.32. The van der Waals surface area contributed by atoms with E-state index in [2.05, 4.69) is 18.9 Å². The first-order valence-electron chi connectivity index (χ1n) is 6.16. The SMILES string of the molecule is CS(=O)(=O)ON=C1C=CC(=NOS(=O)(=O)c2ccccc2)C=C1. The van der Waals surface area contributed by atoms with E-state index in [1.165, 1.54) is 36.4 Å². The van der Waals surface area contributed by atoms with Gasteiger partial charge in [0.15, 0.2) is 0 Å². The summed E-state index contributed by atoms with van der Waals surface area (Å²) in [7, 11) is -7.68. The smallest absolute Gasteiger partial charge is 0.268 e. The zero-order chi connectivity index (χ0) is 16.9. The Kier molecular flexibility index (Phi) is 4.96. The highest BCUT2D eigenvalue weighted by atomic mass is 32.2. The quantitative estimate of drug-likeness (QED) is 0.579. The van der Waals surface area contributed by atoms with Crippen molar-refractivity contribution in [3.05, 3.63) is 54.6 Å². The van der Waals surface area contributed by atoms with E-state index >= 15 is 0 Å². The van der Waals surface area contributed by atoms with Gasteiger partial charge in [-0.3, -0.25) is 8.57 Å². The molecule has 10 heteroatoms. The van der Waals surface area contributed by atoms with E-state index in [0.29, 0.717) is 0 Å². The Morgan fingerprint density at radius 1 is 0.783 bits per heavy atom. The molecule has 0 unspecified atom stereocenters. The largest absolute Gasteiger partial charge is 0.358 e. The van der Waals surface area contributed by atoms with Gasteiger partial charge in [0.05, 0.1) is 6.26 Å². The van der Waals surface area contributed by atoms with Crippen LogP contribution < -0.4 is 0 Å². The van der Waals surface area contributed by atoms with Crippen molar-refractivity contribution in [3.8, 4) is 0 Å². The summed E-state index contributed by atoms with van der Waals surface area (Å²) in [6, 6.07) is 7.57. The number of rotatable bonds is 5. The van der Waals surface area contributed by atoms with Gasteiger partial charge in [0.1, 0.15) is 16.3 Å². The van der Waals surface area contributed by atoms with Crippen LogP contribution in [0.2, 0.25) is 0 Å². The molecule has 8 nitrogen and oxygen atoms in total. The Balaban J connectivity index is 2.06. The topological polar surface area (TPSA) is 111 Å². The molecule has 0 aliphatic heterocycles. The van der Waals surface area contributed by atoms with Gasteiger partial charge in [-0.05, 0) is 36.4 Å². The lowest BCUT2D eigenvalue weighted by Crippen LogP contribution is -2.06. The van der Waals surface area contributed by atoms with Crippen LogP contribution in [0.25, 0.3) is 0 Å². The maximum Gasteiger partial charge on any atom is 0.358 e. The van der Waals surface area contributed by atoms with Crippen molar-refractivity contribution in [3.63, 3.8) is 0 Å². The van der Waals surface area contributed by atoms with E-state index in [1.807, 2.05) is 0 Å². The van der Waals surface area contributed by atoms with Crippen LogP contribution in [-0.2, 0) is 28.8 Å². The van der Waals surface area contributed by atoms with E-state index in [0.717, 1.165) is 6.26 Å². The Bertz CT molecular complexity index is 879. The molecule has 0 radical (unpaired) electrons. The first-order valence-corrected chi connectivity index (χ1v) is 9.38. The van der Waals surface area contributed by atoms with Gasteiger partial charge in [-0.15, -0.1) is 0 Å². The molecule has 1 aliphatic rings. The zero-order valence-corrected chi connectivity index (χ0v) is 13.5. The minimum absolute atomic E-state index is 0.0167. The maximum absolute atomic E-state index is 11.9. The monoisotopic (exact) mass is 356 g/mol. The van der Waals surface area contributed by atoms with Gasteiger partial charge in [0.2, 0.25) is 0 Å². The van der Waals surface area contributed by atoms with Crippen molar-refractivity contribution >= 4 is 31.7 Å². The van der Waals surface area contributed by atoms with Gasteiger partial charge in [-0.1, -0.05) is 28.5 Å². The van der Waals surface area contributed by atoms with Gasteiger partial charge in [-0.25, -0.2) is 0 Å². The summed E-state index contributed by atoms with van der Waals surface area (Å²) in [6.07, 6.45) is 6.43. The van der Waals surface area contributed by atoms with Crippen LogP contribution in [0.5, 0.6) is 0 Å². The van der Waals surface area contributed by atoms with Crippen molar-refractivity contribution in [1.29, 1.82) is 0 Å². The number of hydrogen-bond donors (Lipinski definition) is 0. The normalized spacial score (nSPS) is 14.5. The Labute approximate surface area is 133 Å². The van der Waals surface area contributed by atoms with E-state index < -0.39 is 20.2 Å². The molecule has 2 rings (SSSR count). The lowest BCUT2D eigenvalue weighted by atomic mass is 10.1. The van der Waals surface area contributed by atoms with Gasteiger partial charge >= 0.3 is 20.2 Å².